The first-order valence-electron chi connectivity index (χ1n) is 8.89. The Morgan fingerprint density at radius 2 is 2.04 bits per heavy atom. The molecule has 1 aliphatic rings. The third-order valence-electron chi connectivity index (χ3n) is 4.28. The Morgan fingerprint density at radius 1 is 1.32 bits per heavy atom. The molecule has 8 heteroatoms. The van der Waals surface area contributed by atoms with Gasteiger partial charge in [-0.1, -0.05) is 12.1 Å². The number of amides is 2. The number of primary amides is 1. The van der Waals surface area contributed by atoms with Crippen LogP contribution in [0.1, 0.15) is 39.1 Å². The lowest BCUT2D eigenvalue weighted by Gasteiger charge is -2.11. The Labute approximate surface area is 162 Å². The van der Waals surface area contributed by atoms with Gasteiger partial charge in [-0.2, -0.15) is 0 Å². The number of aliphatic hydroxyl groups excluding tert-OH is 1. The van der Waals surface area contributed by atoms with Gasteiger partial charge in [0.15, 0.2) is 0 Å². The summed E-state index contributed by atoms with van der Waals surface area (Å²) in [7, 11) is 2.95. The zero-order valence-corrected chi connectivity index (χ0v) is 16.0. The van der Waals surface area contributed by atoms with Gasteiger partial charge >= 0.3 is 0 Å². The van der Waals surface area contributed by atoms with Crippen LogP contribution in [0.4, 0.5) is 0 Å². The fourth-order valence-electron chi connectivity index (χ4n) is 2.45. The van der Waals surface area contributed by atoms with E-state index < -0.39 is 17.4 Å². The molecule has 3 rings (SSSR count). The highest BCUT2D eigenvalue weighted by molar-refractivity contribution is 5.98. The molecule has 1 aromatic heterocycles. The molecule has 1 saturated carbocycles. The fourth-order valence-corrected chi connectivity index (χ4v) is 2.45. The number of hydrogen-bond acceptors (Lipinski definition) is 5. The largest absolute Gasteiger partial charge is 0.497 e. The highest BCUT2D eigenvalue weighted by Crippen LogP contribution is 2.27. The molecule has 2 aromatic rings. The van der Waals surface area contributed by atoms with Crippen molar-refractivity contribution >= 4 is 11.8 Å². The Bertz CT molecular complexity index is 903. The van der Waals surface area contributed by atoms with Crippen molar-refractivity contribution in [3.8, 4) is 5.75 Å². The number of pyridine rings is 1. The first-order chi connectivity index (χ1) is 13.4. The van der Waals surface area contributed by atoms with Gasteiger partial charge in [0.1, 0.15) is 11.3 Å². The number of ether oxygens (including phenoxy) is 1. The number of carbonyl (C=O) groups is 2. The average Bonchev–Trinajstić information content (AvgIpc) is 3.54. The first-order valence-corrected chi connectivity index (χ1v) is 8.89. The van der Waals surface area contributed by atoms with Crippen LogP contribution in [0.3, 0.4) is 0 Å². The van der Waals surface area contributed by atoms with E-state index in [2.05, 4.69) is 5.32 Å². The van der Waals surface area contributed by atoms with Crippen molar-refractivity contribution in [1.29, 1.82) is 0 Å². The average molecular weight is 387 g/mol. The van der Waals surface area contributed by atoms with Crippen LogP contribution < -0.4 is 21.3 Å². The van der Waals surface area contributed by atoms with Crippen LogP contribution in [0.5, 0.6) is 5.75 Å². The molecule has 2 amide bonds. The summed E-state index contributed by atoms with van der Waals surface area (Å²) in [6.45, 7) is 0.598. The molecule has 1 aromatic carbocycles. The van der Waals surface area contributed by atoms with Crippen molar-refractivity contribution in [2.45, 2.75) is 19.4 Å². The molecule has 0 saturated heterocycles. The van der Waals surface area contributed by atoms with E-state index in [9.17, 15) is 14.4 Å². The normalized spacial score (nSPS) is 12.5. The third kappa shape index (κ3) is 5.68. The molecule has 0 radical (unpaired) electrons. The maximum absolute atomic E-state index is 12.4. The Morgan fingerprint density at radius 3 is 2.54 bits per heavy atom. The Hall–Kier alpha value is -3.13. The minimum absolute atomic E-state index is 0.0890. The maximum atomic E-state index is 12.4. The zero-order chi connectivity index (χ0) is 20.7. The number of carbonyl (C=O) groups excluding carboxylic acids is 2. The number of aromatic nitrogens is 1. The van der Waals surface area contributed by atoms with E-state index in [-0.39, 0.29) is 17.7 Å². The van der Waals surface area contributed by atoms with Crippen molar-refractivity contribution < 1.29 is 19.4 Å². The van der Waals surface area contributed by atoms with Gasteiger partial charge in [0, 0.05) is 19.9 Å². The van der Waals surface area contributed by atoms with Crippen molar-refractivity contribution in [1.82, 2.24) is 9.88 Å². The van der Waals surface area contributed by atoms with Gasteiger partial charge in [-0.3, -0.25) is 14.4 Å². The van der Waals surface area contributed by atoms with Crippen molar-refractivity contribution in [2.75, 3.05) is 20.8 Å². The number of aliphatic hydroxyl groups is 1. The van der Waals surface area contributed by atoms with Crippen LogP contribution in [0.15, 0.2) is 41.3 Å². The van der Waals surface area contributed by atoms with Gasteiger partial charge in [-0.05, 0) is 42.5 Å². The lowest BCUT2D eigenvalue weighted by atomic mass is 10.1. The highest BCUT2D eigenvalue weighted by Gasteiger charge is 2.18. The van der Waals surface area contributed by atoms with Gasteiger partial charge in [-0.25, -0.2) is 0 Å². The topological polar surface area (TPSA) is 124 Å². The Balaban J connectivity index is 0.000000485. The number of methoxy groups -OCH3 is 1. The number of nitrogens with two attached hydrogens (primary N) is 1. The smallest absolute Gasteiger partial charge is 0.263 e. The van der Waals surface area contributed by atoms with Gasteiger partial charge in [-0.15, -0.1) is 0 Å². The molecule has 0 atom stereocenters. The molecule has 150 valence electrons. The van der Waals surface area contributed by atoms with E-state index >= 15 is 0 Å². The lowest BCUT2D eigenvalue weighted by molar-refractivity contribution is 0.0961. The van der Waals surface area contributed by atoms with Gasteiger partial charge < -0.3 is 25.5 Å². The second-order valence-corrected chi connectivity index (χ2v) is 6.50. The molecular weight excluding hydrogens is 362 g/mol. The minimum Gasteiger partial charge on any atom is -0.497 e. The summed E-state index contributed by atoms with van der Waals surface area (Å²) < 4.78 is 6.42. The van der Waals surface area contributed by atoms with Crippen LogP contribution in [0.25, 0.3) is 0 Å². The summed E-state index contributed by atoms with van der Waals surface area (Å²) in [5.41, 5.74) is 5.52. The SMILES string of the molecule is CNC(=O)c1cc(C(N)=O)cn(Cc2cccc(OC)c2)c1=O.OCC1CC1. The molecule has 1 fully saturated rings. The number of rotatable bonds is 6. The molecule has 0 unspecified atom stereocenters. The zero-order valence-electron chi connectivity index (χ0n) is 16.0. The van der Waals surface area contributed by atoms with Crippen LogP contribution >= 0.6 is 0 Å². The van der Waals surface area contributed by atoms with Gasteiger partial charge in [0.2, 0.25) is 5.91 Å². The highest BCUT2D eigenvalue weighted by atomic mass is 16.5. The molecule has 4 N–H and O–H groups in total. The Kier molecular flexibility index (Phi) is 7.34. The van der Waals surface area contributed by atoms with E-state index in [1.54, 1.807) is 25.3 Å². The van der Waals surface area contributed by atoms with Gasteiger partial charge in [0.25, 0.3) is 11.5 Å². The van der Waals surface area contributed by atoms with Crippen molar-refractivity contribution in [2.24, 2.45) is 11.7 Å². The summed E-state index contributed by atoms with van der Waals surface area (Å²) >= 11 is 0. The fraction of sp³-hybridized carbons (Fsp3) is 0.350. The number of benzene rings is 1. The second kappa shape index (κ2) is 9.70. The predicted octanol–water partition coefficient (Wildman–Crippen LogP) is 0.752. The molecule has 0 bridgehead atoms. The van der Waals surface area contributed by atoms with Crippen LogP contribution in [-0.2, 0) is 6.54 Å². The summed E-state index contributed by atoms with van der Waals surface area (Å²) in [6, 6.07) is 8.35. The number of hydrogen-bond donors (Lipinski definition) is 3. The molecule has 0 aliphatic heterocycles. The predicted molar refractivity (Wildman–Crippen MR) is 105 cm³/mol. The summed E-state index contributed by atoms with van der Waals surface area (Å²) in [6.07, 6.45) is 3.86. The van der Waals surface area contributed by atoms with Crippen molar-refractivity contribution in [3.63, 3.8) is 0 Å². The van der Waals surface area contributed by atoms with E-state index in [1.165, 1.54) is 36.7 Å². The summed E-state index contributed by atoms with van der Waals surface area (Å²) in [4.78, 5) is 35.7. The molecule has 8 nitrogen and oxygen atoms in total. The second-order valence-electron chi connectivity index (χ2n) is 6.50. The van der Waals surface area contributed by atoms with E-state index in [0.717, 1.165) is 5.56 Å². The van der Waals surface area contributed by atoms with Crippen LogP contribution in [0.2, 0.25) is 0 Å². The van der Waals surface area contributed by atoms with Crippen LogP contribution in [-0.4, -0.2) is 42.3 Å². The third-order valence-corrected chi connectivity index (χ3v) is 4.28. The molecule has 28 heavy (non-hydrogen) atoms. The first kappa shape index (κ1) is 21.2. The van der Waals surface area contributed by atoms with Crippen LogP contribution in [0, 0.1) is 5.92 Å². The minimum atomic E-state index is -0.713. The quantitative estimate of drug-likeness (QED) is 0.675. The summed E-state index contributed by atoms with van der Waals surface area (Å²) in [5, 5.41) is 10.6. The number of nitrogens with zero attached hydrogens (tertiary/aromatic N) is 1. The molecule has 0 spiro atoms. The standard InChI is InChI=1S/C16H17N3O4.C4H8O/c1-18-15(21)13-7-11(14(17)20)9-19(16(13)22)8-10-4-3-5-12(6-10)23-2;5-3-4-1-2-4/h3-7,9H,8H2,1-2H3,(H2,17,20)(H,18,21);4-5H,1-3H2. The van der Waals surface area contributed by atoms with E-state index in [1.807, 2.05) is 6.07 Å². The lowest BCUT2D eigenvalue weighted by Crippen LogP contribution is -2.33. The van der Waals surface area contributed by atoms with E-state index in [0.29, 0.717) is 18.3 Å². The van der Waals surface area contributed by atoms with E-state index in [4.69, 9.17) is 15.6 Å². The monoisotopic (exact) mass is 387 g/mol. The molecule has 1 heterocycles. The van der Waals surface area contributed by atoms with Crippen molar-refractivity contribution in [3.05, 3.63) is 63.6 Å². The maximum Gasteiger partial charge on any atom is 0.263 e. The molecular formula is C20H25N3O5. The molecule has 1 aliphatic carbocycles. The van der Waals surface area contributed by atoms with Gasteiger partial charge in [0.05, 0.1) is 19.2 Å². The summed E-state index contributed by atoms with van der Waals surface area (Å²) in [5.74, 6) is 0.0511. The number of nitrogens with one attached hydrogen (secondary N) is 1.